The van der Waals surface area contributed by atoms with Crippen LogP contribution in [-0.4, -0.2) is 17.0 Å². The predicted octanol–water partition coefficient (Wildman–Crippen LogP) is 4.53. The third-order valence-corrected chi connectivity index (χ3v) is 2.40. The molecular formula is C18H32O2. The highest BCUT2D eigenvalue weighted by molar-refractivity contribution is 5.67. The normalized spacial score (nSPS) is 10.7. The first-order valence-electron chi connectivity index (χ1n) is 7.38. The predicted molar refractivity (Wildman–Crippen MR) is 88.2 cm³/mol. The maximum absolute atomic E-state index is 10.8. The van der Waals surface area contributed by atoms with Gasteiger partial charge in [0.1, 0.15) is 6.29 Å². The van der Waals surface area contributed by atoms with Crippen molar-refractivity contribution in [3.05, 3.63) is 35.4 Å². The second-order valence-corrected chi connectivity index (χ2v) is 6.06. The SMILES string of the molecule is CC.CC(C)(C)O.CCc1ccc(C(C)(C)C=O)cc1. The first-order valence-corrected chi connectivity index (χ1v) is 7.38. The van der Waals surface area contributed by atoms with Gasteiger partial charge in [0.15, 0.2) is 0 Å². The summed E-state index contributed by atoms with van der Waals surface area (Å²) in [5.74, 6) is 0. The number of aldehydes is 1. The van der Waals surface area contributed by atoms with Gasteiger partial charge < -0.3 is 9.90 Å². The summed E-state index contributed by atoms with van der Waals surface area (Å²) in [6.07, 6.45) is 2.04. The molecule has 20 heavy (non-hydrogen) atoms. The van der Waals surface area contributed by atoms with Gasteiger partial charge in [-0.05, 0) is 52.2 Å². The molecule has 116 valence electrons. The smallest absolute Gasteiger partial charge is 0.129 e. The van der Waals surface area contributed by atoms with Crippen LogP contribution >= 0.6 is 0 Å². The van der Waals surface area contributed by atoms with E-state index in [1.807, 2.05) is 39.8 Å². The average molecular weight is 280 g/mol. The lowest BCUT2D eigenvalue weighted by molar-refractivity contribution is -0.111. The fraction of sp³-hybridized carbons (Fsp3) is 0.611. The molecule has 0 aliphatic carbocycles. The van der Waals surface area contributed by atoms with E-state index < -0.39 is 5.60 Å². The van der Waals surface area contributed by atoms with Crippen molar-refractivity contribution in [3.63, 3.8) is 0 Å². The van der Waals surface area contributed by atoms with Crippen LogP contribution in [0.3, 0.4) is 0 Å². The fourth-order valence-electron chi connectivity index (χ4n) is 1.24. The van der Waals surface area contributed by atoms with Crippen molar-refractivity contribution in [2.75, 3.05) is 0 Å². The number of carbonyl (C=O) groups is 1. The molecule has 0 saturated heterocycles. The summed E-state index contributed by atoms with van der Waals surface area (Å²) in [5.41, 5.74) is 1.54. The minimum Gasteiger partial charge on any atom is -0.391 e. The van der Waals surface area contributed by atoms with Gasteiger partial charge in [0, 0.05) is 5.41 Å². The van der Waals surface area contributed by atoms with Crippen molar-refractivity contribution in [3.8, 4) is 0 Å². The van der Waals surface area contributed by atoms with Crippen LogP contribution in [0.2, 0.25) is 0 Å². The zero-order valence-corrected chi connectivity index (χ0v) is 14.4. The van der Waals surface area contributed by atoms with Crippen LogP contribution in [0, 0.1) is 0 Å². The van der Waals surface area contributed by atoms with Crippen LogP contribution in [0.5, 0.6) is 0 Å². The van der Waals surface area contributed by atoms with E-state index in [0.29, 0.717) is 0 Å². The molecule has 0 amide bonds. The van der Waals surface area contributed by atoms with Crippen molar-refractivity contribution in [1.82, 2.24) is 0 Å². The molecule has 0 aliphatic heterocycles. The first-order chi connectivity index (χ1) is 9.10. The van der Waals surface area contributed by atoms with Crippen LogP contribution < -0.4 is 0 Å². The topological polar surface area (TPSA) is 37.3 Å². The second-order valence-electron chi connectivity index (χ2n) is 6.06. The Kier molecular flexibility index (Phi) is 10.3. The lowest BCUT2D eigenvalue weighted by atomic mass is 9.86. The molecule has 0 bridgehead atoms. The largest absolute Gasteiger partial charge is 0.391 e. The average Bonchev–Trinajstić information content (AvgIpc) is 2.39. The Morgan fingerprint density at radius 2 is 1.35 bits per heavy atom. The number of hydrogen-bond acceptors (Lipinski definition) is 2. The van der Waals surface area contributed by atoms with Gasteiger partial charge in [0.2, 0.25) is 0 Å². The molecule has 0 aliphatic rings. The van der Waals surface area contributed by atoms with Gasteiger partial charge in [0.25, 0.3) is 0 Å². The summed E-state index contributed by atoms with van der Waals surface area (Å²) < 4.78 is 0. The van der Waals surface area contributed by atoms with Crippen molar-refractivity contribution < 1.29 is 9.90 Å². The molecule has 0 saturated carbocycles. The van der Waals surface area contributed by atoms with Gasteiger partial charge in [-0.25, -0.2) is 0 Å². The Morgan fingerprint density at radius 3 is 1.60 bits per heavy atom. The number of hydrogen-bond donors (Lipinski definition) is 1. The zero-order chi connectivity index (χ0) is 16.4. The van der Waals surface area contributed by atoms with Crippen LogP contribution in [0.1, 0.15) is 66.5 Å². The summed E-state index contributed by atoms with van der Waals surface area (Å²) in [6, 6.07) is 8.24. The summed E-state index contributed by atoms with van der Waals surface area (Å²) in [4.78, 5) is 10.8. The Balaban J connectivity index is 0. The van der Waals surface area contributed by atoms with Gasteiger partial charge in [-0.3, -0.25) is 0 Å². The molecule has 0 aromatic heterocycles. The molecule has 0 spiro atoms. The Bertz CT molecular complexity index is 350. The number of rotatable bonds is 3. The molecular weight excluding hydrogens is 248 g/mol. The molecule has 1 aromatic carbocycles. The zero-order valence-electron chi connectivity index (χ0n) is 14.4. The third-order valence-electron chi connectivity index (χ3n) is 2.40. The van der Waals surface area contributed by atoms with Gasteiger partial charge in [-0.15, -0.1) is 0 Å². The van der Waals surface area contributed by atoms with Gasteiger partial charge in [-0.1, -0.05) is 45.0 Å². The second kappa shape index (κ2) is 9.71. The maximum atomic E-state index is 10.8. The van der Waals surface area contributed by atoms with E-state index in [4.69, 9.17) is 5.11 Å². The molecule has 2 heteroatoms. The molecule has 0 unspecified atom stereocenters. The monoisotopic (exact) mass is 280 g/mol. The van der Waals surface area contributed by atoms with Crippen LogP contribution in [0.4, 0.5) is 0 Å². The number of carbonyl (C=O) groups excluding carboxylic acids is 1. The molecule has 0 fully saturated rings. The summed E-state index contributed by atoms with van der Waals surface area (Å²) >= 11 is 0. The molecule has 0 atom stereocenters. The van der Waals surface area contributed by atoms with E-state index >= 15 is 0 Å². The lowest BCUT2D eigenvalue weighted by Crippen LogP contribution is -2.18. The Morgan fingerprint density at radius 1 is 1.00 bits per heavy atom. The number of aryl methyl sites for hydroxylation is 1. The number of benzene rings is 1. The molecule has 0 heterocycles. The molecule has 1 aromatic rings. The van der Waals surface area contributed by atoms with Crippen LogP contribution in [-0.2, 0) is 16.6 Å². The minimum absolute atomic E-state index is 0.355. The lowest BCUT2D eigenvalue weighted by Gasteiger charge is -2.17. The van der Waals surface area contributed by atoms with E-state index in [9.17, 15) is 4.79 Å². The first kappa shape index (κ1) is 21.2. The molecule has 1 rings (SSSR count). The van der Waals surface area contributed by atoms with E-state index in [-0.39, 0.29) is 5.41 Å². The van der Waals surface area contributed by atoms with Gasteiger partial charge >= 0.3 is 0 Å². The molecule has 0 radical (unpaired) electrons. The van der Waals surface area contributed by atoms with E-state index in [0.717, 1.165) is 18.3 Å². The molecule has 1 N–H and O–H groups in total. The Labute approximate surface area is 125 Å². The van der Waals surface area contributed by atoms with Crippen molar-refractivity contribution in [2.45, 2.75) is 72.8 Å². The third kappa shape index (κ3) is 10.7. The van der Waals surface area contributed by atoms with E-state index in [2.05, 4.69) is 19.1 Å². The standard InChI is InChI=1S/C12H16O.C4H10O.C2H6/c1-4-10-5-7-11(8-6-10)12(2,3)9-13;1-4(2,3)5;1-2/h5-9H,4H2,1-3H3;5H,1-3H3;1-2H3. The van der Waals surface area contributed by atoms with E-state index in [1.165, 1.54) is 5.56 Å². The van der Waals surface area contributed by atoms with Crippen molar-refractivity contribution in [1.29, 1.82) is 0 Å². The Hall–Kier alpha value is -1.15. The summed E-state index contributed by atoms with van der Waals surface area (Å²) in [6.45, 7) is 15.2. The molecule has 2 nitrogen and oxygen atoms in total. The number of aliphatic hydroxyl groups is 1. The van der Waals surface area contributed by atoms with Crippen LogP contribution in [0.25, 0.3) is 0 Å². The van der Waals surface area contributed by atoms with Crippen molar-refractivity contribution >= 4 is 6.29 Å². The van der Waals surface area contributed by atoms with Crippen LogP contribution in [0.15, 0.2) is 24.3 Å². The van der Waals surface area contributed by atoms with Crippen molar-refractivity contribution in [2.24, 2.45) is 0 Å². The van der Waals surface area contributed by atoms with Gasteiger partial charge in [0.05, 0.1) is 5.60 Å². The highest BCUT2D eigenvalue weighted by atomic mass is 16.3. The van der Waals surface area contributed by atoms with E-state index in [1.54, 1.807) is 20.8 Å². The quantitative estimate of drug-likeness (QED) is 0.826. The summed E-state index contributed by atoms with van der Waals surface area (Å²) in [7, 11) is 0. The van der Waals surface area contributed by atoms with Gasteiger partial charge in [-0.2, -0.15) is 0 Å². The fourth-order valence-corrected chi connectivity index (χ4v) is 1.24. The highest BCUT2D eigenvalue weighted by Gasteiger charge is 2.18. The summed E-state index contributed by atoms with van der Waals surface area (Å²) in [5, 5.41) is 8.52. The maximum Gasteiger partial charge on any atom is 0.129 e. The highest BCUT2D eigenvalue weighted by Crippen LogP contribution is 2.20. The minimum atomic E-state index is -0.500.